The predicted octanol–water partition coefficient (Wildman–Crippen LogP) is -0.0271. The van der Waals surface area contributed by atoms with Gasteiger partial charge in [0.25, 0.3) is 0 Å². The summed E-state index contributed by atoms with van der Waals surface area (Å²) in [6.07, 6.45) is 2.21. The van der Waals surface area contributed by atoms with Crippen LogP contribution in [0.5, 0.6) is 0 Å². The fourth-order valence-corrected chi connectivity index (χ4v) is 2.07. The molecule has 0 saturated carbocycles. The third-order valence-electron chi connectivity index (χ3n) is 3.29. The number of rotatable bonds is 6. The molecule has 2 aromatic rings. The van der Waals surface area contributed by atoms with Crippen molar-refractivity contribution in [3.05, 3.63) is 12.0 Å². The number of nitrogens with zero attached hydrogens (tertiary/aromatic N) is 5. The molecule has 114 valence electrons. The molecule has 0 radical (unpaired) electrons. The number of amides is 1. The Morgan fingerprint density at radius 2 is 2.14 bits per heavy atom. The molecule has 0 spiro atoms. The van der Waals surface area contributed by atoms with Crippen LogP contribution in [0.3, 0.4) is 0 Å². The van der Waals surface area contributed by atoms with E-state index < -0.39 is 0 Å². The highest BCUT2D eigenvalue weighted by molar-refractivity contribution is 5.86. The van der Waals surface area contributed by atoms with Crippen molar-refractivity contribution in [2.24, 2.45) is 7.05 Å². The molecule has 0 aliphatic rings. The number of aryl methyl sites for hydroxylation is 1. The van der Waals surface area contributed by atoms with Gasteiger partial charge in [-0.05, 0) is 7.05 Å². The van der Waals surface area contributed by atoms with Crippen LogP contribution in [0.25, 0.3) is 11.0 Å². The lowest BCUT2D eigenvalue weighted by Gasteiger charge is -2.15. The summed E-state index contributed by atoms with van der Waals surface area (Å²) in [6, 6.07) is 0. The largest absolute Gasteiger partial charge is 0.372 e. The van der Waals surface area contributed by atoms with E-state index >= 15 is 0 Å². The van der Waals surface area contributed by atoms with Crippen molar-refractivity contribution in [3.63, 3.8) is 0 Å². The molecule has 2 N–H and O–H groups in total. The van der Waals surface area contributed by atoms with E-state index in [0.29, 0.717) is 25.3 Å². The third-order valence-corrected chi connectivity index (χ3v) is 3.29. The second-order valence-electron chi connectivity index (χ2n) is 4.90. The van der Waals surface area contributed by atoms with Crippen LogP contribution >= 0.6 is 0 Å². The van der Waals surface area contributed by atoms with E-state index in [9.17, 15) is 4.79 Å². The fraction of sp³-hybridized carbons (Fsp3) is 0.538. The van der Waals surface area contributed by atoms with Gasteiger partial charge in [-0.15, -0.1) is 0 Å². The molecule has 0 saturated heterocycles. The van der Waals surface area contributed by atoms with Gasteiger partial charge in [0, 0.05) is 34.1 Å². The normalized spacial score (nSPS) is 11.1. The maximum Gasteiger partial charge on any atom is 0.221 e. The van der Waals surface area contributed by atoms with Gasteiger partial charge in [-0.25, -0.2) is 9.97 Å². The molecule has 0 fully saturated rings. The molecule has 0 aromatic carbocycles. The summed E-state index contributed by atoms with van der Waals surface area (Å²) in [5.74, 6) is 1.50. The smallest absolute Gasteiger partial charge is 0.221 e. The molecular formula is C13H21N7O. The summed E-state index contributed by atoms with van der Waals surface area (Å²) in [5, 5.41) is 10.8. The van der Waals surface area contributed by atoms with Crippen LogP contribution in [0.1, 0.15) is 12.2 Å². The molecule has 2 rings (SSSR count). The Bertz CT molecular complexity index is 637. The second-order valence-corrected chi connectivity index (χ2v) is 4.90. The lowest BCUT2D eigenvalue weighted by Crippen LogP contribution is -2.27. The van der Waals surface area contributed by atoms with Gasteiger partial charge in [0.15, 0.2) is 5.65 Å². The van der Waals surface area contributed by atoms with Crippen molar-refractivity contribution < 1.29 is 4.79 Å². The summed E-state index contributed by atoms with van der Waals surface area (Å²) < 4.78 is 1.73. The van der Waals surface area contributed by atoms with Crippen LogP contribution in [-0.2, 0) is 18.4 Å². The minimum absolute atomic E-state index is 0.0285. The van der Waals surface area contributed by atoms with Crippen molar-refractivity contribution >= 4 is 22.8 Å². The molecule has 8 nitrogen and oxygen atoms in total. The number of carbonyl (C=O) groups is 1. The number of hydrogen-bond donors (Lipinski definition) is 2. The molecular weight excluding hydrogens is 270 g/mol. The molecule has 0 unspecified atom stereocenters. The Morgan fingerprint density at radius 3 is 2.81 bits per heavy atom. The van der Waals surface area contributed by atoms with Gasteiger partial charge in [-0.1, -0.05) is 0 Å². The van der Waals surface area contributed by atoms with Gasteiger partial charge in [0.2, 0.25) is 5.91 Å². The van der Waals surface area contributed by atoms with Gasteiger partial charge in [-0.3, -0.25) is 14.4 Å². The van der Waals surface area contributed by atoms with E-state index in [0.717, 1.165) is 16.9 Å². The number of aromatic nitrogens is 4. The highest BCUT2D eigenvalue weighted by Gasteiger charge is 2.12. The van der Waals surface area contributed by atoms with E-state index in [1.807, 2.05) is 26.0 Å². The standard InChI is InChI=1S/C13H21N7O/c1-14-11(21)5-6-19(3)8-10-17-12(15-2)9-7-16-20(4)13(9)18-10/h7H,5-6,8H2,1-4H3,(H,14,21)(H,15,17,18). The lowest BCUT2D eigenvalue weighted by molar-refractivity contribution is -0.120. The Hall–Kier alpha value is -2.22. The summed E-state index contributed by atoms with van der Waals surface area (Å²) >= 11 is 0. The van der Waals surface area contributed by atoms with Crippen LogP contribution in [0.15, 0.2) is 6.20 Å². The Kier molecular flexibility index (Phi) is 4.69. The zero-order chi connectivity index (χ0) is 15.4. The van der Waals surface area contributed by atoms with Crippen molar-refractivity contribution in [1.82, 2.24) is 30.0 Å². The van der Waals surface area contributed by atoms with Crippen molar-refractivity contribution in [1.29, 1.82) is 0 Å². The lowest BCUT2D eigenvalue weighted by atomic mass is 10.3. The SMILES string of the molecule is CNC(=O)CCN(C)Cc1nc(NC)c2cnn(C)c2n1. The zero-order valence-electron chi connectivity index (χ0n) is 12.8. The average Bonchev–Trinajstić information content (AvgIpc) is 2.85. The van der Waals surface area contributed by atoms with Crippen molar-refractivity contribution in [3.8, 4) is 0 Å². The van der Waals surface area contributed by atoms with E-state index in [1.165, 1.54) is 0 Å². The molecule has 0 atom stereocenters. The molecule has 2 aromatic heterocycles. The first-order chi connectivity index (χ1) is 10.0. The molecule has 0 aliphatic carbocycles. The zero-order valence-corrected chi connectivity index (χ0v) is 12.8. The molecule has 0 bridgehead atoms. The minimum atomic E-state index is 0.0285. The van der Waals surface area contributed by atoms with Gasteiger partial charge in [-0.2, -0.15) is 5.10 Å². The highest BCUT2D eigenvalue weighted by atomic mass is 16.1. The maximum absolute atomic E-state index is 11.3. The van der Waals surface area contributed by atoms with Crippen molar-refractivity contribution in [2.75, 3.05) is 33.0 Å². The number of anilines is 1. The Labute approximate surface area is 123 Å². The molecule has 21 heavy (non-hydrogen) atoms. The molecule has 1 amide bonds. The quantitative estimate of drug-likeness (QED) is 0.777. The van der Waals surface area contributed by atoms with E-state index in [4.69, 9.17) is 0 Å². The van der Waals surface area contributed by atoms with E-state index in [1.54, 1.807) is 17.9 Å². The number of hydrogen-bond acceptors (Lipinski definition) is 6. The Morgan fingerprint density at radius 1 is 1.38 bits per heavy atom. The first kappa shape index (κ1) is 15.2. The van der Waals surface area contributed by atoms with Gasteiger partial charge >= 0.3 is 0 Å². The summed E-state index contributed by atoms with van der Waals surface area (Å²) in [5.41, 5.74) is 0.795. The van der Waals surface area contributed by atoms with Crippen LogP contribution < -0.4 is 10.6 Å². The summed E-state index contributed by atoms with van der Waals surface area (Å²) in [6.45, 7) is 1.23. The summed E-state index contributed by atoms with van der Waals surface area (Å²) in [4.78, 5) is 22.3. The van der Waals surface area contributed by atoms with Crippen LogP contribution in [0.2, 0.25) is 0 Å². The highest BCUT2D eigenvalue weighted by Crippen LogP contribution is 2.19. The second kappa shape index (κ2) is 6.49. The summed E-state index contributed by atoms with van der Waals surface area (Å²) in [7, 11) is 7.27. The number of nitrogens with one attached hydrogen (secondary N) is 2. The van der Waals surface area contributed by atoms with E-state index in [-0.39, 0.29) is 5.91 Å². The predicted molar refractivity (Wildman–Crippen MR) is 80.9 cm³/mol. The maximum atomic E-state index is 11.3. The third kappa shape index (κ3) is 3.46. The Balaban J connectivity index is 2.14. The van der Waals surface area contributed by atoms with Gasteiger partial charge in [0.1, 0.15) is 11.6 Å². The molecule has 8 heteroatoms. The van der Waals surface area contributed by atoms with Crippen LogP contribution in [0.4, 0.5) is 5.82 Å². The van der Waals surface area contributed by atoms with Crippen molar-refractivity contribution in [2.45, 2.75) is 13.0 Å². The number of carbonyl (C=O) groups excluding carboxylic acids is 1. The van der Waals surface area contributed by atoms with E-state index in [2.05, 4.69) is 25.7 Å². The van der Waals surface area contributed by atoms with Crippen LogP contribution in [0, 0.1) is 0 Å². The number of fused-ring (bicyclic) bond motifs is 1. The molecule has 0 aliphatic heterocycles. The molecule has 2 heterocycles. The van der Waals surface area contributed by atoms with Gasteiger partial charge < -0.3 is 10.6 Å². The average molecular weight is 291 g/mol. The first-order valence-corrected chi connectivity index (χ1v) is 6.80. The van der Waals surface area contributed by atoms with Crippen LogP contribution in [-0.4, -0.2) is 58.2 Å². The first-order valence-electron chi connectivity index (χ1n) is 6.80. The minimum Gasteiger partial charge on any atom is -0.372 e. The topological polar surface area (TPSA) is 88.0 Å². The van der Waals surface area contributed by atoms with Gasteiger partial charge in [0.05, 0.1) is 18.1 Å². The monoisotopic (exact) mass is 291 g/mol. The fourth-order valence-electron chi connectivity index (χ4n) is 2.07.